The van der Waals surface area contributed by atoms with Crippen molar-refractivity contribution in [3.8, 4) is 0 Å². The van der Waals surface area contributed by atoms with Crippen molar-refractivity contribution in [3.63, 3.8) is 0 Å². The Labute approximate surface area is 123 Å². The Morgan fingerprint density at radius 2 is 2.10 bits per heavy atom. The molecule has 110 valence electrons. The summed E-state index contributed by atoms with van der Waals surface area (Å²) >= 11 is 0. The van der Waals surface area contributed by atoms with E-state index < -0.39 is 0 Å². The van der Waals surface area contributed by atoms with Crippen LogP contribution in [0.5, 0.6) is 0 Å². The molecule has 0 aliphatic heterocycles. The zero-order chi connectivity index (χ0) is 15.1. The number of nitrogens with zero attached hydrogens (tertiary/aromatic N) is 1. The lowest BCUT2D eigenvalue weighted by molar-refractivity contribution is 0.0953. The highest BCUT2D eigenvalue weighted by Crippen LogP contribution is 2.12. The van der Waals surface area contributed by atoms with E-state index in [4.69, 9.17) is 0 Å². The Bertz CT molecular complexity index is 616. The maximum atomic E-state index is 13.5. The molecule has 1 amide bonds. The molecule has 21 heavy (non-hydrogen) atoms. The third-order valence-corrected chi connectivity index (χ3v) is 2.98. The van der Waals surface area contributed by atoms with Crippen molar-refractivity contribution in [1.29, 1.82) is 0 Å². The van der Waals surface area contributed by atoms with Crippen molar-refractivity contribution in [2.75, 3.05) is 11.9 Å². The summed E-state index contributed by atoms with van der Waals surface area (Å²) in [5.74, 6) is -0.409. The molecule has 2 rings (SSSR count). The first-order valence-corrected chi connectivity index (χ1v) is 6.91. The predicted molar refractivity (Wildman–Crippen MR) is 80.6 cm³/mol. The van der Waals surface area contributed by atoms with Gasteiger partial charge in [-0.15, -0.1) is 0 Å². The number of rotatable bonds is 6. The average molecular weight is 287 g/mol. The van der Waals surface area contributed by atoms with Gasteiger partial charge in [0.1, 0.15) is 5.82 Å². The second-order valence-electron chi connectivity index (χ2n) is 4.66. The van der Waals surface area contributed by atoms with Gasteiger partial charge in [-0.3, -0.25) is 9.78 Å². The van der Waals surface area contributed by atoms with E-state index in [9.17, 15) is 9.18 Å². The van der Waals surface area contributed by atoms with Gasteiger partial charge in [0.25, 0.3) is 5.91 Å². The number of halogens is 1. The van der Waals surface area contributed by atoms with Crippen LogP contribution in [-0.4, -0.2) is 17.4 Å². The molecule has 2 N–H and O–H groups in total. The molecule has 5 heteroatoms. The molecule has 1 heterocycles. The molecular formula is C16H18FN3O. The molecule has 0 fully saturated rings. The van der Waals surface area contributed by atoms with Gasteiger partial charge in [0.2, 0.25) is 0 Å². The molecule has 0 saturated carbocycles. The fraction of sp³-hybridized carbons (Fsp3) is 0.250. The number of carbonyl (C=O) groups excluding carboxylic acids is 1. The number of amides is 1. The van der Waals surface area contributed by atoms with E-state index in [1.165, 1.54) is 12.3 Å². The monoisotopic (exact) mass is 287 g/mol. The van der Waals surface area contributed by atoms with Gasteiger partial charge < -0.3 is 10.6 Å². The molecule has 0 bridgehead atoms. The molecule has 0 unspecified atom stereocenters. The minimum atomic E-state index is -0.255. The van der Waals surface area contributed by atoms with Crippen molar-refractivity contribution in [1.82, 2.24) is 10.3 Å². The van der Waals surface area contributed by atoms with Crippen LogP contribution in [0.1, 0.15) is 29.3 Å². The maximum absolute atomic E-state index is 13.5. The highest BCUT2D eigenvalue weighted by atomic mass is 19.1. The van der Waals surface area contributed by atoms with E-state index in [1.807, 2.05) is 6.92 Å². The number of hydrogen-bond acceptors (Lipinski definition) is 3. The van der Waals surface area contributed by atoms with Crippen molar-refractivity contribution in [2.24, 2.45) is 0 Å². The van der Waals surface area contributed by atoms with Gasteiger partial charge in [0, 0.05) is 31.0 Å². The Balaban J connectivity index is 2.01. The van der Waals surface area contributed by atoms with Gasteiger partial charge in [-0.25, -0.2) is 4.39 Å². The summed E-state index contributed by atoms with van der Waals surface area (Å²) in [5.41, 5.74) is 1.74. The first kappa shape index (κ1) is 15.0. The molecule has 1 aromatic carbocycles. The third kappa shape index (κ3) is 4.27. The fourth-order valence-electron chi connectivity index (χ4n) is 1.84. The largest absolute Gasteiger partial charge is 0.380 e. The van der Waals surface area contributed by atoms with Crippen molar-refractivity contribution >= 4 is 11.6 Å². The number of benzene rings is 1. The van der Waals surface area contributed by atoms with Crippen molar-refractivity contribution in [3.05, 3.63) is 59.7 Å². The zero-order valence-corrected chi connectivity index (χ0v) is 11.9. The quantitative estimate of drug-likeness (QED) is 0.859. The number of anilines is 1. The molecule has 1 aromatic heterocycles. The van der Waals surface area contributed by atoms with Crippen molar-refractivity contribution < 1.29 is 9.18 Å². The Kier molecular flexibility index (Phi) is 5.26. The highest BCUT2D eigenvalue weighted by molar-refractivity contribution is 5.94. The molecule has 0 atom stereocenters. The van der Waals surface area contributed by atoms with E-state index in [2.05, 4.69) is 15.6 Å². The Hall–Kier alpha value is -2.43. The number of carbonyl (C=O) groups is 1. The first-order valence-electron chi connectivity index (χ1n) is 6.91. The molecular weight excluding hydrogens is 269 g/mol. The first-order chi connectivity index (χ1) is 10.2. The molecule has 0 radical (unpaired) electrons. The summed E-state index contributed by atoms with van der Waals surface area (Å²) in [4.78, 5) is 15.9. The molecule has 0 saturated heterocycles. The SMILES string of the molecule is CCCNC(=O)c1cncc(NCc2ccccc2F)c1. The van der Waals surface area contributed by atoms with Crippen molar-refractivity contribution in [2.45, 2.75) is 19.9 Å². The molecule has 2 aromatic rings. The van der Waals surface area contributed by atoms with Gasteiger partial charge in [-0.2, -0.15) is 0 Å². The minimum Gasteiger partial charge on any atom is -0.380 e. The van der Waals surface area contributed by atoms with Crippen LogP contribution in [0.15, 0.2) is 42.7 Å². The van der Waals surface area contributed by atoms with Gasteiger partial charge in [0.15, 0.2) is 0 Å². The summed E-state index contributed by atoms with van der Waals surface area (Å²) in [7, 11) is 0. The average Bonchev–Trinajstić information content (AvgIpc) is 2.52. The molecule has 0 aliphatic carbocycles. The lowest BCUT2D eigenvalue weighted by Gasteiger charge is -2.09. The third-order valence-electron chi connectivity index (χ3n) is 2.98. The highest BCUT2D eigenvalue weighted by Gasteiger charge is 2.06. The Morgan fingerprint density at radius 3 is 2.86 bits per heavy atom. The number of hydrogen-bond donors (Lipinski definition) is 2. The van der Waals surface area contributed by atoms with Crippen LogP contribution in [0.25, 0.3) is 0 Å². The van der Waals surface area contributed by atoms with Crippen LogP contribution in [0.4, 0.5) is 10.1 Å². The summed E-state index contributed by atoms with van der Waals surface area (Å²) in [6.45, 7) is 2.96. The van der Waals surface area contributed by atoms with E-state index >= 15 is 0 Å². The summed E-state index contributed by atoms with van der Waals surface area (Å²) in [6.07, 6.45) is 4.00. The maximum Gasteiger partial charge on any atom is 0.252 e. The second-order valence-corrected chi connectivity index (χ2v) is 4.66. The van der Waals surface area contributed by atoms with Gasteiger partial charge in [-0.05, 0) is 18.6 Å². The van der Waals surface area contributed by atoms with E-state index in [-0.39, 0.29) is 11.7 Å². The van der Waals surface area contributed by atoms with Crippen LogP contribution in [0.2, 0.25) is 0 Å². The van der Waals surface area contributed by atoms with Crippen LogP contribution in [-0.2, 0) is 6.54 Å². The van der Waals surface area contributed by atoms with Gasteiger partial charge >= 0.3 is 0 Å². The van der Waals surface area contributed by atoms with Crippen LogP contribution < -0.4 is 10.6 Å². The number of pyridine rings is 1. The topological polar surface area (TPSA) is 54.0 Å². The van der Waals surface area contributed by atoms with Crippen LogP contribution >= 0.6 is 0 Å². The standard InChI is InChI=1S/C16H18FN3O/c1-2-7-19-16(21)13-8-14(11-18-9-13)20-10-12-5-3-4-6-15(12)17/h3-6,8-9,11,20H,2,7,10H2,1H3,(H,19,21). The lowest BCUT2D eigenvalue weighted by Crippen LogP contribution is -2.24. The summed E-state index contributed by atoms with van der Waals surface area (Å²) in [6, 6.07) is 8.28. The predicted octanol–water partition coefficient (Wildman–Crippen LogP) is 2.97. The number of nitrogens with one attached hydrogen (secondary N) is 2. The van der Waals surface area contributed by atoms with Crippen LogP contribution in [0, 0.1) is 5.82 Å². The molecule has 0 aliphatic rings. The minimum absolute atomic E-state index is 0.154. The second kappa shape index (κ2) is 7.38. The Morgan fingerprint density at radius 1 is 1.29 bits per heavy atom. The normalized spacial score (nSPS) is 10.2. The molecule has 4 nitrogen and oxygen atoms in total. The van der Waals surface area contributed by atoms with E-state index in [0.717, 1.165) is 6.42 Å². The summed E-state index contributed by atoms with van der Waals surface area (Å²) in [5, 5.41) is 5.86. The van der Waals surface area contributed by atoms with Gasteiger partial charge in [0.05, 0.1) is 11.3 Å². The fourth-order valence-corrected chi connectivity index (χ4v) is 1.84. The van der Waals surface area contributed by atoms with E-state index in [1.54, 1.807) is 30.5 Å². The molecule has 0 spiro atoms. The lowest BCUT2D eigenvalue weighted by atomic mass is 10.2. The van der Waals surface area contributed by atoms with E-state index in [0.29, 0.717) is 29.9 Å². The zero-order valence-electron chi connectivity index (χ0n) is 11.9. The van der Waals surface area contributed by atoms with Crippen LogP contribution in [0.3, 0.4) is 0 Å². The smallest absolute Gasteiger partial charge is 0.252 e. The van der Waals surface area contributed by atoms with Gasteiger partial charge in [-0.1, -0.05) is 25.1 Å². The summed E-state index contributed by atoms with van der Waals surface area (Å²) < 4.78 is 13.5. The number of aromatic nitrogens is 1.